The molecule has 1 aromatic heterocycles. The summed E-state index contributed by atoms with van der Waals surface area (Å²) in [7, 11) is -0.836. The Hall–Kier alpha value is -1.54. The third-order valence-corrected chi connectivity index (χ3v) is 2.77. The fourth-order valence-corrected chi connectivity index (χ4v) is 1.66. The van der Waals surface area contributed by atoms with E-state index in [1.165, 1.54) is 12.4 Å². The number of nitrogen functional groups attached to an aromatic ring is 1. The van der Waals surface area contributed by atoms with Crippen LogP contribution >= 0.6 is 0 Å². The molecule has 0 aromatic carbocycles. The van der Waals surface area contributed by atoms with E-state index in [0.29, 0.717) is 24.5 Å². The standard InChI is InChI=1S/C9H15N5O2S/c1-17(16)4-2-3-12-9(15)7-5-11-6-8(13-7)14-10/h5-6H,2-4,10H2,1H3,(H,12,15)(H,13,14). The van der Waals surface area contributed by atoms with Crippen LogP contribution in [0, 0.1) is 0 Å². The number of carbonyl (C=O) groups is 1. The number of anilines is 1. The second kappa shape index (κ2) is 6.92. The van der Waals surface area contributed by atoms with Crippen LogP contribution in [0.15, 0.2) is 12.4 Å². The summed E-state index contributed by atoms with van der Waals surface area (Å²) in [5.41, 5.74) is 2.50. The molecule has 4 N–H and O–H groups in total. The van der Waals surface area contributed by atoms with Crippen LogP contribution in [-0.2, 0) is 10.8 Å². The summed E-state index contributed by atoms with van der Waals surface area (Å²) in [4.78, 5) is 19.4. The molecule has 17 heavy (non-hydrogen) atoms. The van der Waals surface area contributed by atoms with Crippen LogP contribution in [0.3, 0.4) is 0 Å². The SMILES string of the molecule is CS(=O)CCCNC(=O)c1cncc(NN)n1. The number of carbonyl (C=O) groups excluding carboxylic acids is 1. The molecule has 1 aromatic rings. The first-order chi connectivity index (χ1) is 8.13. The van der Waals surface area contributed by atoms with Crippen LogP contribution in [-0.4, -0.2) is 38.6 Å². The highest BCUT2D eigenvalue weighted by Gasteiger charge is 2.07. The molecule has 7 nitrogen and oxygen atoms in total. The van der Waals surface area contributed by atoms with Gasteiger partial charge in [0, 0.05) is 29.4 Å². The van der Waals surface area contributed by atoms with E-state index in [1.807, 2.05) is 0 Å². The summed E-state index contributed by atoms with van der Waals surface area (Å²) in [5.74, 6) is 5.73. The minimum Gasteiger partial charge on any atom is -0.351 e. The third kappa shape index (κ3) is 4.87. The largest absolute Gasteiger partial charge is 0.351 e. The van der Waals surface area contributed by atoms with Gasteiger partial charge in [0.2, 0.25) is 0 Å². The van der Waals surface area contributed by atoms with Gasteiger partial charge in [-0.1, -0.05) is 0 Å². The summed E-state index contributed by atoms with van der Waals surface area (Å²) in [6, 6.07) is 0. The lowest BCUT2D eigenvalue weighted by atomic mass is 10.4. The predicted octanol–water partition coefficient (Wildman–Crippen LogP) is -0.739. The van der Waals surface area contributed by atoms with Crippen LogP contribution in [0.4, 0.5) is 5.82 Å². The topological polar surface area (TPSA) is 110 Å². The van der Waals surface area contributed by atoms with Gasteiger partial charge in [0.05, 0.1) is 12.4 Å². The molecule has 1 unspecified atom stereocenters. The highest BCUT2D eigenvalue weighted by atomic mass is 32.2. The van der Waals surface area contributed by atoms with Crippen LogP contribution in [0.1, 0.15) is 16.9 Å². The molecular weight excluding hydrogens is 242 g/mol. The first-order valence-electron chi connectivity index (χ1n) is 5.00. The van der Waals surface area contributed by atoms with E-state index in [-0.39, 0.29) is 11.6 Å². The Balaban J connectivity index is 2.43. The molecule has 0 saturated carbocycles. The average molecular weight is 257 g/mol. The molecule has 8 heteroatoms. The summed E-state index contributed by atoms with van der Waals surface area (Å²) in [6.07, 6.45) is 5.06. The number of amides is 1. The Bertz CT molecular complexity index is 412. The Kier molecular flexibility index (Phi) is 5.50. The molecule has 0 fully saturated rings. The lowest BCUT2D eigenvalue weighted by molar-refractivity contribution is 0.0948. The van der Waals surface area contributed by atoms with Crippen molar-refractivity contribution >= 4 is 22.5 Å². The molecule has 0 bridgehead atoms. The van der Waals surface area contributed by atoms with Crippen LogP contribution in [0.5, 0.6) is 0 Å². The lowest BCUT2D eigenvalue weighted by Gasteiger charge is -2.04. The minimum atomic E-state index is -0.836. The number of aromatic nitrogens is 2. The van der Waals surface area contributed by atoms with Gasteiger partial charge in [-0.05, 0) is 6.42 Å². The van der Waals surface area contributed by atoms with E-state index in [2.05, 4.69) is 20.7 Å². The number of nitrogens with one attached hydrogen (secondary N) is 2. The molecule has 1 heterocycles. The zero-order chi connectivity index (χ0) is 12.7. The lowest BCUT2D eigenvalue weighted by Crippen LogP contribution is -2.26. The van der Waals surface area contributed by atoms with E-state index < -0.39 is 10.8 Å². The molecule has 0 aliphatic heterocycles. The zero-order valence-corrected chi connectivity index (χ0v) is 10.3. The predicted molar refractivity (Wildman–Crippen MR) is 65.7 cm³/mol. The van der Waals surface area contributed by atoms with E-state index in [4.69, 9.17) is 5.84 Å². The van der Waals surface area contributed by atoms with Crippen LogP contribution in [0.2, 0.25) is 0 Å². The maximum atomic E-state index is 11.6. The third-order valence-electron chi connectivity index (χ3n) is 1.91. The number of hydrogen-bond acceptors (Lipinski definition) is 6. The Morgan fingerprint density at radius 3 is 2.94 bits per heavy atom. The Morgan fingerprint density at radius 2 is 2.29 bits per heavy atom. The second-order valence-electron chi connectivity index (χ2n) is 3.32. The van der Waals surface area contributed by atoms with E-state index >= 15 is 0 Å². The van der Waals surface area contributed by atoms with Gasteiger partial charge in [-0.2, -0.15) is 0 Å². The fraction of sp³-hybridized carbons (Fsp3) is 0.444. The van der Waals surface area contributed by atoms with Gasteiger partial charge in [-0.15, -0.1) is 0 Å². The van der Waals surface area contributed by atoms with Crippen molar-refractivity contribution in [3.05, 3.63) is 18.1 Å². The second-order valence-corrected chi connectivity index (χ2v) is 4.88. The molecule has 1 atom stereocenters. The molecule has 0 aliphatic carbocycles. The molecule has 0 saturated heterocycles. The molecule has 94 valence electrons. The summed E-state index contributed by atoms with van der Waals surface area (Å²) >= 11 is 0. The van der Waals surface area contributed by atoms with Crippen LogP contribution < -0.4 is 16.6 Å². The molecular formula is C9H15N5O2S. The van der Waals surface area contributed by atoms with Crippen molar-refractivity contribution in [1.82, 2.24) is 15.3 Å². The van der Waals surface area contributed by atoms with Gasteiger partial charge in [-0.25, -0.2) is 10.8 Å². The molecule has 0 spiro atoms. The average Bonchev–Trinajstić information content (AvgIpc) is 2.34. The van der Waals surface area contributed by atoms with Crippen molar-refractivity contribution in [2.45, 2.75) is 6.42 Å². The van der Waals surface area contributed by atoms with E-state index in [0.717, 1.165) is 0 Å². The molecule has 0 radical (unpaired) electrons. The Labute approximate surface area is 102 Å². The minimum absolute atomic E-state index is 0.193. The van der Waals surface area contributed by atoms with Crippen molar-refractivity contribution in [2.75, 3.05) is 24.0 Å². The van der Waals surface area contributed by atoms with Gasteiger partial charge in [0.15, 0.2) is 5.82 Å². The molecule has 0 aliphatic rings. The highest BCUT2D eigenvalue weighted by molar-refractivity contribution is 7.84. The Morgan fingerprint density at radius 1 is 1.53 bits per heavy atom. The van der Waals surface area contributed by atoms with Gasteiger partial charge < -0.3 is 10.7 Å². The number of hydrogen-bond donors (Lipinski definition) is 3. The summed E-state index contributed by atoms with van der Waals surface area (Å²) in [5, 5.41) is 2.66. The summed E-state index contributed by atoms with van der Waals surface area (Å²) < 4.78 is 10.8. The monoisotopic (exact) mass is 257 g/mol. The van der Waals surface area contributed by atoms with Crippen molar-refractivity contribution in [2.24, 2.45) is 5.84 Å². The number of nitrogens with zero attached hydrogens (tertiary/aromatic N) is 2. The summed E-state index contributed by atoms with van der Waals surface area (Å²) in [6.45, 7) is 0.459. The van der Waals surface area contributed by atoms with Gasteiger partial charge in [-0.3, -0.25) is 14.0 Å². The first-order valence-corrected chi connectivity index (χ1v) is 6.73. The molecule has 1 amide bonds. The van der Waals surface area contributed by atoms with Crippen molar-refractivity contribution < 1.29 is 9.00 Å². The zero-order valence-electron chi connectivity index (χ0n) is 9.47. The van der Waals surface area contributed by atoms with E-state index in [9.17, 15) is 9.00 Å². The smallest absolute Gasteiger partial charge is 0.271 e. The first kappa shape index (κ1) is 13.5. The van der Waals surface area contributed by atoms with Gasteiger partial charge >= 0.3 is 0 Å². The van der Waals surface area contributed by atoms with Crippen LogP contribution in [0.25, 0.3) is 0 Å². The maximum Gasteiger partial charge on any atom is 0.271 e. The van der Waals surface area contributed by atoms with Gasteiger partial charge in [0.1, 0.15) is 5.69 Å². The van der Waals surface area contributed by atoms with Crippen molar-refractivity contribution in [1.29, 1.82) is 0 Å². The van der Waals surface area contributed by atoms with E-state index in [1.54, 1.807) is 6.26 Å². The number of nitrogens with two attached hydrogens (primary N) is 1. The van der Waals surface area contributed by atoms with Crippen molar-refractivity contribution in [3.8, 4) is 0 Å². The maximum absolute atomic E-state index is 11.6. The molecule has 1 rings (SSSR count). The number of rotatable bonds is 6. The normalized spacial score (nSPS) is 11.9. The quantitative estimate of drug-likeness (QED) is 0.352. The highest BCUT2D eigenvalue weighted by Crippen LogP contribution is 1.99. The number of hydrazine groups is 1. The van der Waals surface area contributed by atoms with Gasteiger partial charge in [0.25, 0.3) is 5.91 Å². The van der Waals surface area contributed by atoms with Crippen molar-refractivity contribution in [3.63, 3.8) is 0 Å². The fourth-order valence-electron chi connectivity index (χ4n) is 1.11.